The molecule has 0 fully saturated rings. The van der Waals surface area contributed by atoms with Gasteiger partial charge >= 0.3 is 5.97 Å². The molecule has 0 aliphatic rings. The van der Waals surface area contributed by atoms with Crippen molar-refractivity contribution >= 4 is 12.2 Å². The van der Waals surface area contributed by atoms with Gasteiger partial charge < -0.3 is 14.2 Å². The molecule has 1 aromatic rings. The molecule has 5 heteroatoms. The van der Waals surface area contributed by atoms with Crippen LogP contribution in [0.5, 0.6) is 11.5 Å². The molecule has 116 valence electrons. The predicted molar refractivity (Wildman–Crippen MR) is 82.7 cm³/mol. The van der Waals surface area contributed by atoms with Crippen molar-refractivity contribution in [2.24, 2.45) is 4.99 Å². The van der Waals surface area contributed by atoms with Gasteiger partial charge in [-0.05, 0) is 31.2 Å². The number of hydrogen-bond acceptors (Lipinski definition) is 5. The summed E-state index contributed by atoms with van der Waals surface area (Å²) in [6.45, 7) is 2.86. The van der Waals surface area contributed by atoms with Crippen LogP contribution in [-0.4, -0.2) is 39.6 Å². The van der Waals surface area contributed by atoms with Crippen molar-refractivity contribution in [3.8, 4) is 11.5 Å². The summed E-state index contributed by atoms with van der Waals surface area (Å²) in [5.41, 5.74) is 0.354. The summed E-state index contributed by atoms with van der Waals surface area (Å²) in [5.74, 6) is 0.454. The molecule has 0 bridgehead atoms. The smallest absolute Gasteiger partial charge is 0.342 e. The summed E-state index contributed by atoms with van der Waals surface area (Å²) in [4.78, 5) is 16.2. The number of rotatable bonds is 9. The second-order valence-corrected chi connectivity index (χ2v) is 4.41. The van der Waals surface area contributed by atoms with Gasteiger partial charge in [0, 0.05) is 0 Å². The first-order valence-corrected chi connectivity index (χ1v) is 7.11. The van der Waals surface area contributed by atoms with E-state index in [0.717, 1.165) is 19.3 Å². The van der Waals surface area contributed by atoms with Gasteiger partial charge in [-0.1, -0.05) is 19.4 Å². The van der Waals surface area contributed by atoms with E-state index in [1.807, 2.05) is 6.21 Å². The van der Waals surface area contributed by atoms with E-state index in [-0.39, 0.29) is 6.61 Å². The van der Waals surface area contributed by atoms with E-state index < -0.39 is 5.97 Å². The number of hydrogen-bond donors (Lipinski definition) is 0. The number of carbonyl (C=O) groups excluding carboxylic acids is 1. The fraction of sp³-hybridized carbons (Fsp3) is 0.500. The van der Waals surface area contributed by atoms with E-state index in [1.54, 1.807) is 18.2 Å². The Morgan fingerprint density at radius 2 is 2.10 bits per heavy atom. The first kappa shape index (κ1) is 17.0. The minimum Gasteiger partial charge on any atom is -0.493 e. The predicted octanol–water partition coefficient (Wildman–Crippen LogP) is 3.12. The summed E-state index contributed by atoms with van der Waals surface area (Å²) in [6.07, 6.45) is 5.12. The number of nitrogens with zero attached hydrogens (tertiary/aromatic N) is 1. The summed E-state index contributed by atoms with van der Waals surface area (Å²) < 4.78 is 15.5. The van der Waals surface area contributed by atoms with Crippen molar-refractivity contribution in [3.63, 3.8) is 0 Å². The van der Waals surface area contributed by atoms with Crippen molar-refractivity contribution in [1.29, 1.82) is 0 Å². The van der Waals surface area contributed by atoms with Gasteiger partial charge in [-0.2, -0.15) is 0 Å². The van der Waals surface area contributed by atoms with E-state index in [1.165, 1.54) is 14.2 Å². The molecular weight excluding hydrogens is 270 g/mol. The van der Waals surface area contributed by atoms with Crippen molar-refractivity contribution in [3.05, 3.63) is 23.8 Å². The zero-order valence-corrected chi connectivity index (χ0v) is 12.9. The molecule has 0 atom stereocenters. The molecule has 1 aromatic carbocycles. The van der Waals surface area contributed by atoms with Gasteiger partial charge in [0.25, 0.3) is 0 Å². The first-order chi connectivity index (χ1) is 10.2. The maximum atomic E-state index is 12.0. The van der Waals surface area contributed by atoms with E-state index in [2.05, 4.69) is 11.9 Å². The average molecular weight is 293 g/mol. The Hall–Kier alpha value is -2.04. The number of unbranched alkanes of at least 4 members (excludes halogenated alkanes) is 2. The largest absolute Gasteiger partial charge is 0.493 e. The molecule has 0 aromatic heterocycles. The lowest BCUT2D eigenvalue weighted by molar-refractivity contribution is 0.0513. The zero-order valence-electron chi connectivity index (χ0n) is 12.9. The lowest BCUT2D eigenvalue weighted by Gasteiger charge is -2.11. The van der Waals surface area contributed by atoms with Crippen LogP contribution in [0.2, 0.25) is 0 Å². The molecule has 0 radical (unpaired) electrons. The standard InChI is InChI=1S/C16H23NO4/c1-4-5-6-10-17-11-12-21-16(18)13-8-7-9-14(19-2)15(13)20-3/h7-10H,4-6,11-12H2,1-3H3. The number of benzene rings is 1. The maximum Gasteiger partial charge on any atom is 0.342 e. The molecule has 0 amide bonds. The third-order valence-corrected chi connectivity index (χ3v) is 2.89. The Morgan fingerprint density at radius 3 is 2.76 bits per heavy atom. The average Bonchev–Trinajstić information content (AvgIpc) is 2.52. The lowest BCUT2D eigenvalue weighted by atomic mass is 10.2. The Bertz CT molecular complexity index is 471. The van der Waals surface area contributed by atoms with Crippen LogP contribution in [0, 0.1) is 0 Å². The highest BCUT2D eigenvalue weighted by Gasteiger charge is 2.17. The monoisotopic (exact) mass is 293 g/mol. The number of ether oxygens (including phenoxy) is 3. The molecule has 0 saturated heterocycles. The summed E-state index contributed by atoms with van der Waals surface area (Å²) in [6, 6.07) is 5.10. The number of esters is 1. The second-order valence-electron chi connectivity index (χ2n) is 4.41. The molecule has 0 aliphatic carbocycles. The number of para-hydroxylation sites is 1. The van der Waals surface area contributed by atoms with Gasteiger partial charge in [0.15, 0.2) is 11.5 Å². The third-order valence-electron chi connectivity index (χ3n) is 2.89. The van der Waals surface area contributed by atoms with Crippen LogP contribution in [0.3, 0.4) is 0 Å². The van der Waals surface area contributed by atoms with E-state index >= 15 is 0 Å². The van der Waals surface area contributed by atoms with Crippen molar-refractivity contribution in [2.45, 2.75) is 26.2 Å². The van der Waals surface area contributed by atoms with Crippen LogP contribution in [0.25, 0.3) is 0 Å². The lowest BCUT2D eigenvalue weighted by Crippen LogP contribution is -2.10. The molecule has 5 nitrogen and oxygen atoms in total. The SMILES string of the molecule is CCCCC=NCCOC(=O)c1cccc(OC)c1OC. The van der Waals surface area contributed by atoms with Gasteiger partial charge in [-0.3, -0.25) is 4.99 Å². The number of methoxy groups -OCH3 is 2. The molecule has 1 rings (SSSR count). The summed E-state index contributed by atoms with van der Waals surface area (Å²) >= 11 is 0. The van der Waals surface area contributed by atoms with Gasteiger partial charge in [0.2, 0.25) is 0 Å². The molecule has 0 spiro atoms. The molecule has 21 heavy (non-hydrogen) atoms. The van der Waals surface area contributed by atoms with E-state index in [4.69, 9.17) is 14.2 Å². The molecule has 0 unspecified atom stereocenters. The van der Waals surface area contributed by atoms with Gasteiger partial charge in [0.05, 0.1) is 20.8 Å². The van der Waals surface area contributed by atoms with Crippen molar-refractivity contribution in [1.82, 2.24) is 0 Å². The normalized spacial score (nSPS) is 10.6. The highest BCUT2D eigenvalue weighted by Crippen LogP contribution is 2.30. The van der Waals surface area contributed by atoms with Crippen LogP contribution in [-0.2, 0) is 4.74 Å². The molecular formula is C16H23NO4. The molecule has 0 aliphatic heterocycles. The van der Waals surface area contributed by atoms with Crippen molar-refractivity contribution in [2.75, 3.05) is 27.4 Å². The van der Waals surface area contributed by atoms with Crippen LogP contribution in [0.4, 0.5) is 0 Å². The van der Waals surface area contributed by atoms with E-state index in [9.17, 15) is 4.79 Å². The number of aliphatic imine (C=N–C) groups is 1. The molecule has 0 saturated carbocycles. The third kappa shape index (κ3) is 5.45. The van der Waals surface area contributed by atoms with Gasteiger partial charge in [0.1, 0.15) is 12.2 Å². The fourth-order valence-corrected chi connectivity index (χ4v) is 1.79. The minimum absolute atomic E-state index is 0.252. The molecule has 0 N–H and O–H groups in total. The Labute approximate surface area is 125 Å². The fourth-order valence-electron chi connectivity index (χ4n) is 1.79. The van der Waals surface area contributed by atoms with Gasteiger partial charge in [-0.15, -0.1) is 0 Å². The van der Waals surface area contributed by atoms with Crippen molar-refractivity contribution < 1.29 is 19.0 Å². The Balaban J connectivity index is 2.51. The maximum absolute atomic E-state index is 12.0. The van der Waals surface area contributed by atoms with Crippen LogP contribution in [0.15, 0.2) is 23.2 Å². The Morgan fingerprint density at radius 1 is 1.29 bits per heavy atom. The quantitative estimate of drug-likeness (QED) is 0.399. The molecule has 0 heterocycles. The Kier molecular flexibility index (Phi) is 7.94. The highest BCUT2D eigenvalue weighted by molar-refractivity contribution is 5.93. The van der Waals surface area contributed by atoms with Crippen LogP contribution in [0.1, 0.15) is 36.5 Å². The van der Waals surface area contributed by atoms with Gasteiger partial charge in [-0.25, -0.2) is 4.79 Å². The minimum atomic E-state index is -0.436. The van der Waals surface area contributed by atoms with Crippen LogP contribution < -0.4 is 9.47 Å². The zero-order chi connectivity index (χ0) is 15.5. The topological polar surface area (TPSA) is 57.1 Å². The summed E-state index contributed by atoms with van der Waals surface area (Å²) in [5, 5.41) is 0. The first-order valence-electron chi connectivity index (χ1n) is 7.11. The number of carbonyl (C=O) groups is 1. The highest BCUT2D eigenvalue weighted by atomic mass is 16.5. The summed E-state index contributed by atoms with van der Waals surface area (Å²) in [7, 11) is 3.02. The second kappa shape index (κ2) is 9.80. The van der Waals surface area contributed by atoms with E-state index in [0.29, 0.717) is 23.6 Å². The van der Waals surface area contributed by atoms with Crippen LogP contribution >= 0.6 is 0 Å².